The highest BCUT2D eigenvalue weighted by Crippen LogP contribution is 2.38. The van der Waals surface area contributed by atoms with Crippen molar-refractivity contribution in [2.24, 2.45) is 7.05 Å². The third-order valence-corrected chi connectivity index (χ3v) is 3.21. The Labute approximate surface area is 93.2 Å². The Kier molecular flexibility index (Phi) is 3.38. The minimum Gasteiger partial charge on any atom is -0.256 e. The van der Waals surface area contributed by atoms with Crippen molar-refractivity contribution in [1.29, 1.82) is 0 Å². The molecule has 0 fully saturated rings. The van der Waals surface area contributed by atoms with Crippen molar-refractivity contribution in [3.05, 3.63) is 16.4 Å². The molecule has 0 saturated heterocycles. The average Bonchev–Trinajstić information content (AvgIpc) is 2.44. The number of aryl methyl sites for hydroxylation is 1. The Bertz CT molecular complexity index is 359. The molecule has 0 aliphatic heterocycles. The molecule has 0 N–H and O–H groups in total. The molecule has 0 aliphatic carbocycles. The van der Waals surface area contributed by atoms with Crippen molar-refractivity contribution >= 4 is 11.6 Å². The van der Waals surface area contributed by atoms with E-state index in [1.165, 1.54) is 4.68 Å². The Balaban J connectivity index is 3.38. The molecule has 0 saturated carbocycles. The molecule has 1 rings (SSSR count). The molecule has 0 aromatic carbocycles. The quantitative estimate of drug-likeness (QED) is 0.783. The van der Waals surface area contributed by atoms with Crippen LogP contribution in [0.25, 0.3) is 0 Å². The van der Waals surface area contributed by atoms with Gasteiger partial charge < -0.3 is 0 Å². The van der Waals surface area contributed by atoms with E-state index in [1.807, 2.05) is 20.8 Å². The van der Waals surface area contributed by atoms with Gasteiger partial charge in [-0.15, -0.1) is 0 Å². The molecule has 86 valence electrons. The summed E-state index contributed by atoms with van der Waals surface area (Å²) in [6.07, 6.45) is -1.84. The zero-order valence-electron chi connectivity index (χ0n) is 9.31. The molecule has 1 aromatic rings. The second-order valence-corrected chi connectivity index (χ2v) is 4.57. The lowest BCUT2D eigenvalue weighted by molar-refractivity contribution is 0.142. The first-order valence-corrected chi connectivity index (χ1v) is 5.20. The third-order valence-electron chi connectivity index (χ3n) is 2.77. The van der Waals surface area contributed by atoms with E-state index in [4.69, 9.17) is 11.6 Å². The van der Waals surface area contributed by atoms with E-state index in [1.54, 1.807) is 7.05 Å². The van der Waals surface area contributed by atoms with Gasteiger partial charge in [0, 0.05) is 12.6 Å². The van der Waals surface area contributed by atoms with Crippen LogP contribution in [-0.2, 0) is 12.5 Å². The number of nitrogens with zero attached hydrogens (tertiary/aromatic N) is 2. The summed E-state index contributed by atoms with van der Waals surface area (Å²) < 4.78 is 26.8. The van der Waals surface area contributed by atoms with Gasteiger partial charge in [-0.1, -0.05) is 32.4 Å². The predicted molar refractivity (Wildman–Crippen MR) is 56.5 cm³/mol. The first-order valence-electron chi connectivity index (χ1n) is 4.82. The van der Waals surface area contributed by atoms with Crippen molar-refractivity contribution < 1.29 is 8.78 Å². The van der Waals surface area contributed by atoms with Gasteiger partial charge >= 0.3 is 0 Å². The first-order chi connectivity index (χ1) is 6.81. The average molecular weight is 237 g/mol. The van der Waals surface area contributed by atoms with Crippen molar-refractivity contribution in [1.82, 2.24) is 9.78 Å². The lowest BCUT2D eigenvalue weighted by atomic mass is 9.82. The fourth-order valence-electron chi connectivity index (χ4n) is 1.48. The van der Waals surface area contributed by atoms with E-state index in [-0.39, 0.29) is 11.1 Å². The summed E-state index contributed by atoms with van der Waals surface area (Å²) in [5, 5.41) is 4.06. The summed E-state index contributed by atoms with van der Waals surface area (Å²) in [5.41, 5.74) is -0.115. The summed E-state index contributed by atoms with van der Waals surface area (Å²) >= 11 is 5.99. The van der Waals surface area contributed by atoms with Gasteiger partial charge in [-0.05, 0) is 11.8 Å². The minimum atomic E-state index is -2.58. The Hall–Kier alpha value is -0.640. The molecule has 0 radical (unpaired) electrons. The van der Waals surface area contributed by atoms with E-state index in [9.17, 15) is 8.78 Å². The molecule has 0 atom stereocenters. The van der Waals surface area contributed by atoms with Gasteiger partial charge in [0.1, 0.15) is 10.8 Å². The van der Waals surface area contributed by atoms with Crippen LogP contribution in [-0.4, -0.2) is 9.78 Å². The first kappa shape index (κ1) is 12.4. The fraction of sp³-hybridized carbons (Fsp3) is 0.700. The van der Waals surface area contributed by atoms with Gasteiger partial charge in [-0.25, -0.2) is 8.78 Å². The molecule has 0 amide bonds. The van der Waals surface area contributed by atoms with Crippen molar-refractivity contribution in [2.75, 3.05) is 0 Å². The van der Waals surface area contributed by atoms with Gasteiger partial charge in [0.2, 0.25) is 0 Å². The number of alkyl halides is 2. The topological polar surface area (TPSA) is 17.8 Å². The standard InChI is InChI=1S/C10H15ClF2N2/c1-5-10(2,3)6-7(9(12)13)14-15(4)8(6)11/h9H,5H2,1-4H3. The van der Waals surface area contributed by atoms with Crippen LogP contribution in [0.5, 0.6) is 0 Å². The van der Waals surface area contributed by atoms with E-state index in [2.05, 4.69) is 5.10 Å². The molecule has 1 heterocycles. The molecule has 0 bridgehead atoms. The number of hydrogen-bond donors (Lipinski definition) is 0. The molecular weight excluding hydrogens is 222 g/mol. The Morgan fingerprint density at radius 2 is 2.00 bits per heavy atom. The molecule has 2 nitrogen and oxygen atoms in total. The summed E-state index contributed by atoms with van der Waals surface area (Å²) in [7, 11) is 1.57. The summed E-state index contributed by atoms with van der Waals surface area (Å²) in [4.78, 5) is 0. The minimum absolute atomic E-state index is 0.200. The number of hydrogen-bond acceptors (Lipinski definition) is 1. The van der Waals surface area contributed by atoms with Crippen LogP contribution >= 0.6 is 11.6 Å². The van der Waals surface area contributed by atoms with E-state index in [0.717, 1.165) is 6.42 Å². The maximum Gasteiger partial charge on any atom is 0.282 e. The molecule has 5 heteroatoms. The van der Waals surface area contributed by atoms with Gasteiger partial charge in [0.05, 0.1) is 0 Å². The summed E-state index contributed by atoms with van der Waals surface area (Å²) in [6, 6.07) is 0. The van der Waals surface area contributed by atoms with Crippen molar-refractivity contribution in [2.45, 2.75) is 39.0 Å². The lowest BCUT2D eigenvalue weighted by Gasteiger charge is -2.23. The van der Waals surface area contributed by atoms with E-state index < -0.39 is 6.43 Å². The molecule has 0 spiro atoms. The highest BCUT2D eigenvalue weighted by molar-refractivity contribution is 6.30. The third kappa shape index (κ3) is 2.14. The molecule has 0 aliphatic rings. The zero-order chi connectivity index (χ0) is 11.8. The molecule has 15 heavy (non-hydrogen) atoms. The molecule has 1 aromatic heterocycles. The molecule has 0 unspecified atom stereocenters. The highest BCUT2D eigenvalue weighted by Gasteiger charge is 2.32. The monoisotopic (exact) mass is 236 g/mol. The SMILES string of the molecule is CCC(C)(C)c1c(C(F)F)nn(C)c1Cl. The predicted octanol–water partition coefficient (Wildman–Crippen LogP) is 3.70. The van der Waals surface area contributed by atoms with Gasteiger partial charge in [-0.2, -0.15) is 5.10 Å². The van der Waals surface area contributed by atoms with Gasteiger partial charge in [0.25, 0.3) is 6.43 Å². The maximum absolute atomic E-state index is 12.8. The second kappa shape index (κ2) is 4.08. The van der Waals surface area contributed by atoms with Crippen molar-refractivity contribution in [3.63, 3.8) is 0 Å². The van der Waals surface area contributed by atoms with Gasteiger partial charge in [-0.3, -0.25) is 4.68 Å². The van der Waals surface area contributed by atoms with E-state index in [0.29, 0.717) is 10.7 Å². The normalized spacial score (nSPS) is 12.5. The highest BCUT2D eigenvalue weighted by atomic mass is 35.5. The fourth-order valence-corrected chi connectivity index (χ4v) is 1.87. The van der Waals surface area contributed by atoms with Crippen LogP contribution in [0.4, 0.5) is 8.78 Å². The van der Waals surface area contributed by atoms with Crippen LogP contribution < -0.4 is 0 Å². The second-order valence-electron chi connectivity index (χ2n) is 4.21. The van der Waals surface area contributed by atoms with Crippen molar-refractivity contribution in [3.8, 4) is 0 Å². The summed E-state index contributed by atoms with van der Waals surface area (Å²) in [5.74, 6) is 0. The van der Waals surface area contributed by atoms with Gasteiger partial charge in [0.15, 0.2) is 0 Å². The zero-order valence-corrected chi connectivity index (χ0v) is 10.1. The number of halogens is 3. The molecular formula is C10H15ClF2N2. The van der Waals surface area contributed by atoms with Crippen LogP contribution in [0.15, 0.2) is 0 Å². The summed E-state index contributed by atoms with van der Waals surface area (Å²) in [6.45, 7) is 5.72. The van der Waals surface area contributed by atoms with Crippen LogP contribution in [0, 0.1) is 0 Å². The number of rotatable bonds is 3. The smallest absolute Gasteiger partial charge is 0.256 e. The Morgan fingerprint density at radius 1 is 1.47 bits per heavy atom. The van der Waals surface area contributed by atoms with Crippen LogP contribution in [0.1, 0.15) is 44.9 Å². The largest absolute Gasteiger partial charge is 0.282 e. The van der Waals surface area contributed by atoms with Crippen LogP contribution in [0.3, 0.4) is 0 Å². The lowest BCUT2D eigenvalue weighted by Crippen LogP contribution is -2.17. The maximum atomic E-state index is 12.8. The van der Waals surface area contributed by atoms with E-state index >= 15 is 0 Å². The Morgan fingerprint density at radius 3 is 2.40 bits per heavy atom. The van der Waals surface area contributed by atoms with Crippen LogP contribution in [0.2, 0.25) is 5.15 Å². The number of aromatic nitrogens is 2.